The molecule has 1 aliphatic carbocycles. The Balaban J connectivity index is 1.84. The highest BCUT2D eigenvalue weighted by Gasteiger charge is 2.50. The van der Waals surface area contributed by atoms with Crippen molar-refractivity contribution in [3.05, 3.63) is 0 Å². The number of hydrogen-bond acceptors (Lipinski definition) is 1. The summed E-state index contributed by atoms with van der Waals surface area (Å²) >= 11 is 0. The van der Waals surface area contributed by atoms with Crippen molar-refractivity contribution in [2.45, 2.75) is 46.0 Å². The maximum absolute atomic E-state index is 2.67. The first-order chi connectivity index (χ1) is 6.27. The van der Waals surface area contributed by atoms with Crippen LogP contribution < -0.4 is 0 Å². The molecule has 0 aromatic carbocycles. The standard InChI is InChI=1S/C12H23N/c1-3-7-13-8-4-5-12(6-9-13)10-11(12)2/h11H,3-10H2,1-2H3/t11-,12?/m1/s1. The van der Waals surface area contributed by atoms with E-state index in [4.69, 9.17) is 0 Å². The smallest absolute Gasteiger partial charge is 0.00133 e. The lowest BCUT2D eigenvalue weighted by molar-refractivity contribution is 0.277. The van der Waals surface area contributed by atoms with Gasteiger partial charge in [0.2, 0.25) is 0 Å². The Labute approximate surface area is 82.5 Å². The fourth-order valence-electron chi connectivity index (χ4n) is 3.06. The average molecular weight is 181 g/mol. The SMILES string of the molecule is CCCN1CCCC2(CC1)C[C@H]2C. The van der Waals surface area contributed by atoms with Crippen LogP contribution in [0.1, 0.15) is 46.0 Å². The van der Waals surface area contributed by atoms with Crippen LogP contribution in [0.5, 0.6) is 0 Å². The molecule has 1 aliphatic heterocycles. The van der Waals surface area contributed by atoms with E-state index in [0.717, 1.165) is 11.3 Å². The molecule has 0 amide bonds. The van der Waals surface area contributed by atoms with E-state index in [-0.39, 0.29) is 0 Å². The Hall–Kier alpha value is -0.0400. The van der Waals surface area contributed by atoms with Gasteiger partial charge in [-0.3, -0.25) is 0 Å². The molecule has 1 heterocycles. The van der Waals surface area contributed by atoms with Crippen LogP contribution in [0.3, 0.4) is 0 Å². The van der Waals surface area contributed by atoms with Crippen LogP contribution in [-0.2, 0) is 0 Å². The molecular weight excluding hydrogens is 158 g/mol. The van der Waals surface area contributed by atoms with Crippen LogP contribution in [0.2, 0.25) is 0 Å². The summed E-state index contributed by atoms with van der Waals surface area (Å²) < 4.78 is 0. The Kier molecular flexibility index (Phi) is 2.64. The van der Waals surface area contributed by atoms with Gasteiger partial charge in [-0.05, 0) is 63.1 Å². The minimum absolute atomic E-state index is 0.808. The maximum Gasteiger partial charge on any atom is -0.00133 e. The van der Waals surface area contributed by atoms with Gasteiger partial charge in [-0.1, -0.05) is 13.8 Å². The highest BCUT2D eigenvalue weighted by molar-refractivity contribution is 5.01. The Bertz CT molecular complexity index is 178. The molecule has 2 rings (SSSR count). The van der Waals surface area contributed by atoms with Gasteiger partial charge in [0.15, 0.2) is 0 Å². The second kappa shape index (κ2) is 3.61. The molecule has 1 saturated carbocycles. The van der Waals surface area contributed by atoms with Gasteiger partial charge in [0.1, 0.15) is 0 Å². The molecule has 1 heteroatoms. The molecule has 0 radical (unpaired) electrons. The summed E-state index contributed by atoms with van der Waals surface area (Å²) in [6, 6.07) is 0. The summed E-state index contributed by atoms with van der Waals surface area (Å²) in [5.41, 5.74) is 0.808. The minimum Gasteiger partial charge on any atom is -0.303 e. The highest BCUT2D eigenvalue weighted by atomic mass is 15.1. The fraction of sp³-hybridized carbons (Fsp3) is 1.00. The lowest BCUT2D eigenvalue weighted by Crippen LogP contribution is -2.25. The molecule has 0 aromatic rings. The van der Waals surface area contributed by atoms with Crippen molar-refractivity contribution in [1.82, 2.24) is 4.90 Å². The van der Waals surface area contributed by atoms with Crippen LogP contribution in [0, 0.1) is 11.3 Å². The first kappa shape index (κ1) is 9.51. The molecule has 13 heavy (non-hydrogen) atoms. The van der Waals surface area contributed by atoms with Gasteiger partial charge in [-0.15, -0.1) is 0 Å². The maximum atomic E-state index is 2.67. The molecule has 1 spiro atoms. The van der Waals surface area contributed by atoms with E-state index >= 15 is 0 Å². The van der Waals surface area contributed by atoms with E-state index in [9.17, 15) is 0 Å². The van der Waals surface area contributed by atoms with Gasteiger partial charge in [-0.25, -0.2) is 0 Å². The zero-order valence-electron chi connectivity index (χ0n) is 9.18. The van der Waals surface area contributed by atoms with Crippen LogP contribution >= 0.6 is 0 Å². The number of likely N-dealkylation sites (tertiary alicyclic amines) is 1. The van der Waals surface area contributed by atoms with Crippen LogP contribution in [0.15, 0.2) is 0 Å². The third-order valence-electron chi connectivity index (χ3n) is 4.21. The zero-order valence-corrected chi connectivity index (χ0v) is 9.18. The second-order valence-electron chi connectivity index (χ2n) is 5.16. The van der Waals surface area contributed by atoms with Crippen LogP contribution in [0.25, 0.3) is 0 Å². The topological polar surface area (TPSA) is 3.24 Å². The summed E-state index contributed by atoms with van der Waals surface area (Å²) in [4.78, 5) is 2.67. The molecule has 1 nitrogen and oxygen atoms in total. The average Bonchev–Trinajstić information content (AvgIpc) is 2.78. The van der Waals surface area contributed by atoms with Crippen LogP contribution in [-0.4, -0.2) is 24.5 Å². The molecule has 1 unspecified atom stereocenters. The van der Waals surface area contributed by atoms with Crippen molar-refractivity contribution in [1.29, 1.82) is 0 Å². The Morgan fingerprint density at radius 2 is 2.08 bits per heavy atom. The summed E-state index contributed by atoms with van der Waals surface area (Å²) in [5.74, 6) is 1.04. The summed E-state index contributed by atoms with van der Waals surface area (Å²) in [6.45, 7) is 8.79. The van der Waals surface area contributed by atoms with Gasteiger partial charge in [0, 0.05) is 0 Å². The van der Waals surface area contributed by atoms with Crippen molar-refractivity contribution in [2.24, 2.45) is 11.3 Å². The van der Waals surface area contributed by atoms with Crippen LogP contribution in [0.4, 0.5) is 0 Å². The molecule has 1 saturated heterocycles. The quantitative estimate of drug-likeness (QED) is 0.633. The molecule has 0 aromatic heterocycles. The summed E-state index contributed by atoms with van der Waals surface area (Å²) in [6.07, 6.45) is 7.28. The van der Waals surface area contributed by atoms with Crippen molar-refractivity contribution >= 4 is 0 Å². The predicted molar refractivity (Wildman–Crippen MR) is 56.8 cm³/mol. The normalized spacial score (nSPS) is 40.6. The Morgan fingerprint density at radius 3 is 2.69 bits per heavy atom. The van der Waals surface area contributed by atoms with Gasteiger partial charge >= 0.3 is 0 Å². The first-order valence-corrected chi connectivity index (χ1v) is 5.99. The molecule has 0 bridgehead atoms. The third-order valence-corrected chi connectivity index (χ3v) is 4.21. The van der Waals surface area contributed by atoms with Gasteiger partial charge in [-0.2, -0.15) is 0 Å². The monoisotopic (exact) mass is 181 g/mol. The van der Waals surface area contributed by atoms with Crippen molar-refractivity contribution in [3.8, 4) is 0 Å². The molecule has 2 aliphatic rings. The molecular formula is C12H23N. The zero-order chi connectivity index (χ0) is 9.31. The fourth-order valence-corrected chi connectivity index (χ4v) is 3.06. The largest absolute Gasteiger partial charge is 0.303 e. The van der Waals surface area contributed by atoms with Crippen molar-refractivity contribution in [3.63, 3.8) is 0 Å². The van der Waals surface area contributed by atoms with Crippen molar-refractivity contribution < 1.29 is 0 Å². The number of nitrogens with zero attached hydrogens (tertiary/aromatic N) is 1. The Morgan fingerprint density at radius 1 is 1.31 bits per heavy atom. The van der Waals surface area contributed by atoms with E-state index in [1.54, 1.807) is 0 Å². The first-order valence-electron chi connectivity index (χ1n) is 5.99. The number of hydrogen-bond donors (Lipinski definition) is 0. The molecule has 76 valence electrons. The van der Waals surface area contributed by atoms with Crippen molar-refractivity contribution in [2.75, 3.05) is 19.6 Å². The van der Waals surface area contributed by atoms with Gasteiger partial charge in [0.25, 0.3) is 0 Å². The lowest BCUT2D eigenvalue weighted by Gasteiger charge is -2.18. The second-order valence-corrected chi connectivity index (χ2v) is 5.16. The lowest BCUT2D eigenvalue weighted by atomic mass is 9.95. The third kappa shape index (κ3) is 1.90. The van der Waals surface area contributed by atoms with E-state index < -0.39 is 0 Å². The molecule has 2 atom stereocenters. The van der Waals surface area contributed by atoms with E-state index in [1.165, 1.54) is 51.7 Å². The minimum atomic E-state index is 0.808. The molecule has 2 fully saturated rings. The highest BCUT2D eigenvalue weighted by Crippen LogP contribution is 2.58. The summed E-state index contributed by atoms with van der Waals surface area (Å²) in [5, 5.41) is 0. The van der Waals surface area contributed by atoms with E-state index in [1.807, 2.05) is 0 Å². The van der Waals surface area contributed by atoms with Gasteiger partial charge in [0.05, 0.1) is 0 Å². The van der Waals surface area contributed by atoms with E-state index in [2.05, 4.69) is 18.7 Å². The predicted octanol–water partition coefficient (Wildman–Crippen LogP) is 2.91. The summed E-state index contributed by atoms with van der Waals surface area (Å²) in [7, 11) is 0. The van der Waals surface area contributed by atoms with Gasteiger partial charge < -0.3 is 4.90 Å². The molecule has 0 N–H and O–H groups in total. The van der Waals surface area contributed by atoms with E-state index in [0.29, 0.717) is 0 Å². The number of rotatable bonds is 2.